The summed E-state index contributed by atoms with van der Waals surface area (Å²) in [5.41, 5.74) is 1.12. The van der Waals surface area contributed by atoms with Gasteiger partial charge >= 0.3 is 0 Å². The van der Waals surface area contributed by atoms with E-state index in [1.165, 1.54) is 16.2 Å². The fraction of sp³-hybridized carbons (Fsp3) is 0.333. The molecule has 2 rings (SSSR count). The first kappa shape index (κ1) is 18.2. The molecule has 1 aromatic carbocycles. The Bertz CT molecular complexity index is 644. The molecule has 0 fully saturated rings. The summed E-state index contributed by atoms with van der Waals surface area (Å²) in [6.45, 7) is 0.380. The lowest BCUT2D eigenvalue weighted by Gasteiger charge is -2.18. The number of aliphatic hydroxyl groups excluding tert-OH is 1. The van der Waals surface area contributed by atoms with Crippen LogP contribution in [0.25, 0.3) is 0 Å². The average molecular weight is 346 g/mol. The Kier molecular flexibility index (Phi) is 6.96. The van der Waals surface area contributed by atoms with Crippen LogP contribution in [0.2, 0.25) is 0 Å². The SMILES string of the molecule is CN(CC(=O)NC[C@@H](CO)Cc1ccccc1)C(=O)c1cccs1. The second kappa shape index (κ2) is 9.20. The minimum Gasteiger partial charge on any atom is -0.396 e. The van der Waals surface area contributed by atoms with Crippen molar-refractivity contribution in [2.75, 3.05) is 26.7 Å². The van der Waals surface area contributed by atoms with Crippen LogP contribution in [0.3, 0.4) is 0 Å². The third-order valence-corrected chi connectivity index (χ3v) is 4.53. The summed E-state index contributed by atoms with van der Waals surface area (Å²) in [6, 6.07) is 13.4. The van der Waals surface area contributed by atoms with Crippen LogP contribution < -0.4 is 5.32 Å². The zero-order chi connectivity index (χ0) is 17.4. The van der Waals surface area contributed by atoms with Gasteiger partial charge in [-0.15, -0.1) is 11.3 Å². The molecular weight excluding hydrogens is 324 g/mol. The fourth-order valence-electron chi connectivity index (χ4n) is 2.34. The highest BCUT2D eigenvalue weighted by molar-refractivity contribution is 7.12. The number of carbonyl (C=O) groups excluding carboxylic acids is 2. The van der Waals surface area contributed by atoms with Gasteiger partial charge in [0.05, 0.1) is 11.4 Å². The second-order valence-electron chi connectivity index (χ2n) is 5.68. The van der Waals surface area contributed by atoms with Crippen molar-refractivity contribution in [1.29, 1.82) is 0 Å². The van der Waals surface area contributed by atoms with Gasteiger partial charge in [-0.25, -0.2) is 0 Å². The highest BCUT2D eigenvalue weighted by atomic mass is 32.1. The minimum atomic E-state index is -0.228. The molecule has 0 aliphatic heterocycles. The molecule has 2 N–H and O–H groups in total. The smallest absolute Gasteiger partial charge is 0.264 e. The summed E-state index contributed by atoms with van der Waals surface area (Å²) >= 11 is 1.35. The van der Waals surface area contributed by atoms with Crippen LogP contribution in [0.5, 0.6) is 0 Å². The maximum Gasteiger partial charge on any atom is 0.264 e. The first-order valence-electron chi connectivity index (χ1n) is 7.80. The number of likely N-dealkylation sites (N-methyl/N-ethyl adjacent to an activating group) is 1. The first-order valence-corrected chi connectivity index (χ1v) is 8.68. The van der Waals surface area contributed by atoms with Crippen LogP contribution in [0.4, 0.5) is 0 Å². The molecule has 6 heteroatoms. The van der Waals surface area contributed by atoms with Crippen molar-refractivity contribution < 1.29 is 14.7 Å². The van der Waals surface area contributed by atoms with Gasteiger partial charge in [0.1, 0.15) is 0 Å². The first-order chi connectivity index (χ1) is 11.6. The number of benzene rings is 1. The summed E-state index contributed by atoms with van der Waals surface area (Å²) in [4.78, 5) is 26.1. The van der Waals surface area contributed by atoms with Crippen molar-refractivity contribution in [2.45, 2.75) is 6.42 Å². The zero-order valence-corrected chi connectivity index (χ0v) is 14.5. The van der Waals surface area contributed by atoms with Crippen molar-refractivity contribution in [2.24, 2.45) is 5.92 Å². The van der Waals surface area contributed by atoms with E-state index in [2.05, 4.69) is 5.32 Å². The van der Waals surface area contributed by atoms with Gasteiger partial charge in [-0.05, 0) is 23.4 Å². The number of nitrogens with zero attached hydrogens (tertiary/aromatic N) is 1. The predicted octanol–water partition coefficient (Wildman–Crippen LogP) is 1.79. The van der Waals surface area contributed by atoms with Crippen molar-refractivity contribution in [3.63, 3.8) is 0 Å². The molecular formula is C18H22N2O3S. The van der Waals surface area contributed by atoms with Crippen molar-refractivity contribution in [3.8, 4) is 0 Å². The van der Waals surface area contributed by atoms with E-state index in [0.29, 0.717) is 17.8 Å². The monoisotopic (exact) mass is 346 g/mol. The molecule has 0 spiro atoms. The molecule has 0 saturated carbocycles. The Labute approximate surface area is 145 Å². The molecule has 0 aliphatic carbocycles. The molecule has 5 nitrogen and oxygen atoms in total. The Hall–Kier alpha value is -2.18. The third-order valence-electron chi connectivity index (χ3n) is 3.67. The van der Waals surface area contributed by atoms with Crippen LogP contribution in [0.1, 0.15) is 15.2 Å². The topological polar surface area (TPSA) is 69.6 Å². The van der Waals surface area contributed by atoms with Crippen molar-refractivity contribution in [3.05, 3.63) is 58.3 Å². The van der Waals surface area contributed by atoms with Gasteiger partial charge in [0.25, 0.3) is 5.91 Å². The maximum absolute atomic E-state index is 12.1. The van der Waals surface area contributed by atoms with Crippen molar-refractivity contribution >= 4 is 23.2 Å². The van der Waals surface area contributed by atoms with Crippen LogP contribution in [-0.2, 0) is 11.2 Å². The molecule has 0 aliphatic rings. The van der Waals surface area contributed by atoms with E-state index in [9.17, 15) is 14.7 Å². The Morgan fingerprint density at radius 3 is 2.58 bits per heavy atom. The summed E-state index contributed by atoms with van der Waals surface area (Å²) in [5, 5.41) is 14.1. The van der Waals surface area contributed by atoms with Crippen molar-refractivity contribution in [1.82, 2.24) is 10.2 Å². The number of thiophene rings is 1. The summed E-state index contributed by atoms with van der Waals surface area (Å²) in [5.74, 6) is -0.438. The van der Waals surface area contributed by atoms with Crippen LogP contribution in [0.15, 0.2) is 47.8 Å². The van der Waals surface area contributed by atoms with E-state index in [4.69, 9.17) is 0 Å². The van der Waals surface area contributed by atoms with Crippen LogP contribution >= 0.6 is 11.3 Å². The minimum absolute atomic E-state index is 0.000217. The van der Waals surface area contributed by atoms with Gasteiger partial charge in [-0.3, -0.25) is 9.59 Å². The lowest BCUT2D eigenvalue weighted by molar-refractivity contribution is -0.121. The van der Waals surface area contributed by atoms with E-state index in [1.54, 1.807) is 19.2 Å². The Morgan fingerprint density at radius 1 is 1.21 bits per heavy atom. The molecule has 2 aromatic rings. The highest BCUT2D eigenvalue weighted by Crippen LogP contribution is 2.11. The van der Waals surface area contributed by atoms with E-state index in [-0.39, 0.29) is 30.9 Å². The fourth-order valence-corrected chi connectivity index (χ4v) is 3.06. The molecule has 24 heavy (non-hydrogen) atoms. The number of hydrogen-bond donors (Lipinski definition) is 2. The third kappa shape index (κ3) is 5.47. The molecule has 1 heterocycles. The van der Waals surface area contributed by atoms with Gasteiger partial charge in [0, 0.05) is 26.1 Å². The molecule has 0 bridgehead atoms. The largest absolute Gasteiger partial charge is 0.396 e. The molecule has 0 radical (unpaired) electrons. The summed E-state index contributed by atoms with van der Waals surface area (Å²) in [7, 11) is 1.61. The number of carbonyl (C=O) groups is 2. The number of nitrogens with one attached hydrogen (secondary N) is 1. The van der Waals surface area contributed by atoms with Crippen LogP contribution in [0, 0.1) is 5.92 Å². The summed E-state index contributed by atoms with van der Waals surface area (Å²) < 4.78 is 0. The van der Waals surface area contributed by atoms with E-state index < -0.39 is 0 Å². The normalized spacial score (nSPS) is 11.8. The van der Waals surface area contributed by atoms with E-state index in [0.717, 1.165) is 5.56 Å². The average Bonchev–Trinajstić information content (AvgIpc) is 3.13. The van der Waals surface area contributed by atoms with Gasteiger partial charge < -0.3 is 15.3 Å². The predicted molar refractivity (Wildman–Crippen MR) is 95.0 cm³/mol. The standard InChI is InChI=1S/C18H22N2O3S/c1-20(18(23)16-8-5-9-24-16)12-17(22)19-11-15(13-21)10-14-6-3-2-4-7-14/h2-9,15,21H,10-13H2,1H3,(H,19,22)/t15-/m0/s1. The zero-order valence-electron chi connectivity index (χ0n) is 13.6. The number of hydrogen-bond acceptors (Lipinski definition) is 4. The van der Waals surface area contributed by atoms with Gasteiger partial charge in [0.2, 0.25) is 5.91 Å². The molecule has 0 unspecified atom stereocenters. The maximum atomic E-state index is 12.1. The molecule has 1 aromatic heterocycles. The highest BCUT2D eigenvalue weighted by Gasteiger charge is 2.16. The van der Waals surface area contributed by atoms with Gasteiger partial charge in [-0.1, -0.05) is 36.4 Å². The Balaban J connectivity index is 1.78. The molecule has 1 atom stereocenters. The number of amides is 2. The number of aliphatic hydroxyl groups is 1. The second-order valence-corrected chi connectivity index (χ2v) is 6.63. The van der Waals surface area contributed by atoms with Gasteiger partial charge in [-0.2, -0.15) is 0 Å². The van der Waals surface area contributed by atoms with E-state index in [1.807, 2.05) is 35.7 Å². The molecule has 0 saturated heterocycles. The quantitative estimate of drug-likeness (QED) is 0.766. The van der Waals surface area contributed by atoms with Crippen LogP contribution in [-0.4, -0.2) is 48.6 Å². The van der Waals surface area contributed by atoms with Gasteiger partial charge in [0.15, 0.2) is 0 Å². The van der Waals surface area contributed by atoms with E-state index >= 15 is 0 Å². The summed E-state index contributed by atoms with van der Waals surface area (Å²) in [6.07, 6.45) is 0.696. The molecule has 2 amide bonds. The lowest BCUT2D eigenvalue weighted by Crippen LogP contribution is -2.40. The number of rotatable bonds is 8. The Morgan fingerprint density at radius 2 is 1.96 bits per heavy atom. The molecule has 128 valence electrons. The lowest BCUT2D eigenvalue weighted by atomic mass is 10.00.